The molecule has 0 spiro atoms. The van der Waals surface area contributed by atoms with Crippen LogP contribution in [0.4, 0.5) is 24.8 Å². The topological polar surface area (TPSA) is 88.6 Å². The van der Waals surface area contributed by atoms with Gasteiger partial charge in [0.15, 0.2) is 17.5 Å². The molecule has 3 aromatic rings. The summed E-state index contributed by atoms with van der Waals surface area (Å²) in [6.45, 7) is 3.76. The lowest BCUT2D eigenvalue weighted by Crippen LogP contribution is -2.22. The van der Waals surface area contributed by atoms with Crippen molar-refractivity contribution in [3.63, 3.8) is 0 Å². The molecule has 1 saturated heterocycles. The fourth-order valence-electron chi connectivity index (χ4n) is 3.75. The van der Waals surface area contributed by atoms with Gasteiger partial charge in [-0.3, -0.25) is 0 Å². The molecule has 0 unspecified atom stereocenters. The quantitative estimate of drug-likeness (QED) is 0.132. The van der Waals surface area contributed by atoms with E-state index in [4.69, 9.17) is 11.6 Å². The van der Waals surface area contributed by atoms with Crippen molar-refractivity contribution < 1.29 is 18.4 Å². The smallest absolute Gasteiger partial charge is 0.201 e. The minimum atomic E-state index is -1.15. The maximum atomic E-state index is 14.4. The number of rotatable bonds is 7. The van der Waals surface area contributed by atoms with Gasteiger partial charge in [-0.25, -0.2) is 18.2 Å². The number of oxime groups is 1. The van der Waals surface area contributed by atoms with Crippen LogP contribution in [-0.2, 0) is 0 Å². The molecule has 1 fully saturated rings. The second kappa shape index (κ2) is 9.66. The van der Waals surface area contributed by atoms with Crippen LogP contribution in [0.2, 0.25) is 5.02 Å². The molecule has 0 aliphatic carbocycles. The average Bonchev–Trinajstić information content (AvgIpc) is 3.45. The normalized spacial score (nSPS) is 14.9. The summed E-state index contributed by atoms with van der Waals surface area (Å²) < 4.78 is 42.1. The molecular weight excluding hydrogens is 445 g/mol. The fourth-order valence-corrected chi connectivity index (χ4v) is 3.93. The maximum Gasteiger partial charge on any atom is 0.201 e. The van der Waals surface area contributed by atoms with Crippen LogP contribution in [0.25, 0.3) is 11.0 Å². The largest absolute Gasteiger partial charge is 0.409 e. The lowest BCUT2D eigenvalue weighted by atomic mass is 10.1. The summed E-state index contributed by atoms with van der Waals surface area (Å²) in [5.74, 6) is -2.81. The highest BCUT2D eigenvalue weighted by Gasteiger charge is 2.21. The highest BCUT2D eigenvalue weighted by molar-refractivity contribution is 6.31. The van der Waals surface area contributed by atoms with Gasteiger partial charge < -0.3 is 25.7 Å². The third-order valence-electron chi connectivity index (χ3n) is 5.34. The Kier molecular flexibility index (Phi) is 6.71. The third kappa shape index (κ3) is 4.76. The number of halogens is 4. The molecule has 2 aromatic carbocycles. The summed E-state index contributed by atoms with van der Waals surface area (Å²) in [4.78, 5) is 9.42. The predicted octanol–water partition coefficient (Wildman–Crippen LogP) is 4.78. The van der Waals surface area contributed by atoms with Gasteiger partial charge in [0.05, 0.1) is 10.5 Å². The van der Waals surface area contributed by atoms with Crippen LogP contribution >= 0.6 is 11.6 Å². The Morgan fingerprint density at radius 2 is 1.97 bits per heavy atom. The third-order valence-corrected chi connectivity index (χ3v) is 5.63. The fraction of sp³-hybridized carbons (Fsp3) is 0.333. The van der Waals surface area contributed by atoms with Gasteiger partial charge in [0.2, 0.25) is 5.95 Å². The van der Waals surface area contributed by atoms with E-state index in [2.05, 4.69) is 30.7 Å². The van der Waals surface area contributed by atoms with Crippen LogP contribution in [0.15, 0.2) is 29.4 Å². The maximum absolute atomic E-state index is 14.4. The zero-order chi connectivity index (χ0) is 22.7. The van der Waals surface area contributed by atoms with E-state index in [0.717, 1.165) is 38.2 Å². The minimum Gasteiger partial charge on any atom is -0.409 e. The molecule has 170 valence electrons. The lowest BCUT2D eigenvalue weighted by molar-refractivity contribution is 0.319. The molecule has 32 heavy (non-hydrogen) atoms. The average molecular weight is 467 g/mol. The number of aromatic amines is 1. The van der Waals surface area contributed by atoms with E-state index >= 15 is 0 Å². The van der Waals surface area contributed by atoms with Crippen LogP contribution < -0.4 is 10.6 Å². The summed E-state index contributed by atoms with van der Waals surface area (Å²) in [5.41, 5.74) is 0.239. The number of imidazole rings is 1. The Morgan fingerprint density at radius 1 is 1.19 bits per heavy atom. The zero-order valence-electron chi connectivity index (χ0n) is 17.1. The van der Waals surface area contributed by atoms with Crippen molar-refractivity contribution >= 4 is 40.1 Å². The number of hydrogen-bond donors (Lipinski definition) is 4. The van der Waals surface area contributed by atoms with Crippen molar-refractivity contribution in [2.24, 2.45) is 5.16 Å². The first-order valence-electron chi connectivity index (χ1n) is 10.2. The van der Waals surface area contributed by atoms with Crippen molar-refractivity contribution in [3.05, 3.63) is 52.3 Å². The molecule has 1 aromatic heterocycles. The van der Waals surface area contributed by atoms with Gasteiger partial charge in [-0.1, -0.05) is 16.8 Å². The van der Waals surface area contributed by atoms with Crippen molar-refractivity contribution in [1.82, 2.24) is 14.9 Å². The molecule has 1 aliphatic rings. The number of fused-ring (bicyclic) bond motifs is 1. The van der Waals surface area contributed by atoms with Gasteiger partial charge in [0.25, 0.3) is 0 Å². The van der Waals surface area contributed by atoms with Crippen molar-refractivity contribution in [1.29, 1.82) is 0 Å². The van der Waals surface area contributed by atoms with Gasteiger partial charge >= 0.3 is 0 Å². The van der Waals surface area contributed by atoms with E-state index in [1.165, 1.54) is 25.0 Å². The molecule has 7 nitrogen and oxygen atoms in total. The first kappa shape index (κ1) is 22.2. The highest BCUT2D eigenvalue weighted by Crippen LogP contribution is 2.26. The Morgan fingerprint density at radius 3 is 2.69 bits per heavy atom. The highest BCUT2D eigenvalue weighted by atomic mass is 35.5. The van der Waals surface area contributed by atoms with Crippen LogP contribution in [0.1, 0.15) is 24.8 Å². The van der Waals surface area contributed by atoms with Crippen LogP contribution in [0, 0.1) is 17.5 Å². The van der Waals surface area contributed by atoms with E-state index in [-0.39, 0.29) is 33.4 Å². The van der Waals surface area contributed by atoms with Gasteiger partial charge in [0, 0.05) is 17.8 Å². The Balaban J connectivity index is 1.56. The standard InChI is InChI=1S/C21H22ClF3N6O/c22-14-10-12(4-5-15(14)23)27-20(30-32)13-11-16(24)17(25)19-18(13)28-21(29-19)26-6-3-9-31-7-1-2-8-31/h4-5,10-11,32H,1-3,6-9H2,(H,27,30)(H2,26,28,29). The Hall–Kier alpha value is -2.98. The number of hydrogen-bond acceptors (Lipinski definition) is 5. The molecule has 4 N–H and O–H groups in total. The second-order valence-corrected chi connectivity index (χ2v) is 7.97. The summed E-state index contributed by atoms with van der Waals surface area (Å²) >= 11 is 5.78. The zero-order valence-corrected chi connectivity index (χ0v) is 17.8. The number of nitrogens with zero attached hydrogens (tertiary/aromatic N) is 3. The van der Waals surface area contributed by atoms with Crippen LogP contribution in [0.5, 0.6) is 0 Å². The van der Waals surface area contributed by atoms with E-state index in [0.29, 0.717) is 12.2 Å². The summed E-state index contributed by atoms with van der Waals surface area (Å²) in [5, 5.41) is 18.3. The molecule has 2 heterocycles. The Bertz CT molecular complexity index is 1150. The SMILES string of the molecule is O/N=C(\Nc1ccc(F)c(Cl)c1)c1cc(F)c(F)c2nc(NCCCN3CCCC3)[nH]c12. The van der Waals surface area contributed by atoms with Crippen LogP contribution in [-0.4, -0.2) is 52.1 Å². The molecule has 0 saturated carbocycles. The van der Waals surface area contributed by atoms with E-state index in [1.54, 1.807) is 0 Å². The van der Waals surface area contributed by atoms with E-state index in [1.807, 2.05) is 0 Å². The van der Waals surface area contributed by atoms with Crippen LogP contribution in [0.3, 0.4) is 0 Å². The van der Waals surface area contributed by atoms with E-state index in [9.17, 15) is 18.4 Å². The number of likely N-dealkylation sites (tertiary alicyclic amines) is 1. The molecule has 0 radical (unpaired) electrons. The summed E-state index contributed by atoms with van der Waals surface area (Å²) in [6.07, 6.45) is 3.31. The number of anilines is 2. The number of nitrogens with one attached hydrogen (secondary N) is 3. The van der Waals surface area contributed by atoms with Crippen molar-refractivity contribution in [3.8, 4) is 0 Å². The second-order valence-electron chi connectivity index (χ2n) is 7.56. The molecule has 11 heteroatoms. The predicted molar refractivity (Wildman–Crippen MR) is 118 cm³/mol. The molecular formula is C21H22ClF3N6O. The first-order valence-corrected chi connectivity index (χ1v) is 10.6. The molecule has 4 rings (SSSR count). The van der Waals surface area contributed by atoms with Crippen molar-refractivity contribution in [2.45, 2.75) is 19.3 Å². The molecule has 1 aliphatic heterocycles. The number of H-pyrrole nitrogens is 1. The van der Waals surface area contributed by atoms with E-state index < -0.39 is 17.5 Å². The summed E-state index contributed by atoms with van der Waals surface area (Å²) in [6, 6.07) is 4.66. The molecule has 0 bridgehead atoms. The van der Waals surface area contributed by atoms with Gasteiger partial charge in [-0.05, 0) is 63.2 Å². The van der Waals surface area contributed by atoms with Crippen molar-refractivity contribution in [2.75, 3.05) is 36.8 Å². The van der Waals surface area contributed by atoms with Gasteiger partial charge in [-0.2, -0.15) is 0 Å². The number of aromatic nitrogens is 2. The first-order chi connectivity index (χ1) is 15.5. The lowest BCUT2D eigenvalue weighted by Gasteiger charge is -2.13. The number of amidine groups is 1. The monoisotopic (exact) mass is 466 g/mol. The number of benzene rings is 2. The minimum absolute atomic E-state index is 0.0412. The van der Waals surface area contributed by atoms with Gasteiger partial charge in [0.1, 0.15) is 11.3 Å². The summed E-state index contributed by atoms with van der Waals surface area (Å²) in [7, 11) is 0. The Labute approximate surface area is 187 Å². The molecule has 0 amide bonds. The molecule has 0 atom stereocenters. The van der Waals surface area contributed by atoms with Gasteiger partial charge in [-0.15, -0.1) is 0 Å².